The van der Waals surface area contributed by atoms with Crippen molar-refractivity contribution in [3.63, 3.8) is 0 Å². The number of β-amino-alcohol motifs (C(OH)–C–C–N with tert-alkyl or cyclic N) is 1. The van der Waals surface area contributed by atoms with Crippen LogP contribution in [0.1, 0.15) is 25.5 Å². The summed E-state index contributed by atoms with van der Waals surface area (Å²) in [7, 11) is 0. The number of carbonyl (C=O) groups is 1. The molecule has 2 rings (SSSR count). The van der Waals surface area contributed by atoms with Gasteiger partial charge in [-0.25, -0.2) is 0 Å². The van der Waals surface area contributed by atoms with Crippen LogP contribution in [0.4, 0.5) is 0 Å². The monoisotopic (exact) mass is 313 g/mol. The van der Waals surface area contributed by atoms with Crippen molar-refractivity contribution in [3.8, 4) is 0 Å². The van der Waals surface area contributed by atoms with Gasteiger partial charge in [0, 0.05) is 6.08 Å². The molecule has 0 atom stereocenters. The normalized spacial score (nSPS) is 18.1. The fraction of sp³-hybridized carbons (Fsp3) is 0.462. The van der Waals surface area contributed by atoms with E-state index in [0.717, 1.165) is 12.8 Å². The zero-order valence-corrected chi connectivity index (χ0v) is 11.8. The van der Waals surface area contributed by atoms with Gasteiger partial charge in [0.05, 0.1) is 18.7 Å². The van der Waals surface area contributed by atoms with Crippen LogP contribution in [0.2, 0.25) is 0 Å². The van der Waals surface area contributed by atoms with E-state index < -0.39 is 5.60 Å². The standard InChI is InChI=1S/C13H16BrNO3/c1-2-7-13(17)8-15(9-13)12(16)6-4-10-3-5-11(14)18-10/h3-6,17H,2,7-9H2,1H3. The molecule has 98 valence electrons. The molecule has 1 saturated heterocycles. The number of nitrogens with zero attached hydrogens (tertiary/aromatic N) is 1. The number of carbonyl (C=O) groups excluding carboxylic acids is 1. The van der Waals surface area contributed by atoms with Crippen molar-refractivity contribution in [2.45, 2.75) is 25.4 Å². The molecule has 1 aromatic heterocycles. The van der Waals surface area contributed by atoms with E-state index in [0.29, 0.717) is 23.5 Å². The Bertz CT molecular complexity index is 461. The van der Waals surface area contributed by atoms with Crippen molar-refractivity contribution in [1.29, 1.82) is 0 Å². The first-order chi connectivity index (χ1) is 8.52. The van der Waals surface area contributed by atoms with Gasteiger partial charge in [-0.3, -0.25) is 4.79 Å². The second kappa shape index (κ2) is 5.28. The number of hydrogen-bond donors (Lipinski definition) is 1. The maximum Gasteiger partial charge on any atom is 0.246 e. The van der Waals surface area contributed by atoms with Crippen molar-refractivity contribution >= 4 is 27.9 Å². The van der Waals surface area contributed by atoms with Gasteiger partial charge in [0.15, 0.2) is 4.67 Å². The van der Waals surface area contributed by atoms with Crippen molar-refractivity contribution in [2.24, 2.45) is 0 Å². The largest absolute Gasteiger partial charge is 0.450 e. The molecular weight excluding hydrogens is 298 g/mol. The van der Waals surface area contributed by atoms with Crippen LogP contribution in [-0.2, 0) is 4.79 Å². The Morgan fingerprint density at radius 1 is 1.61 bits per heavy atom. The van der Waals surface area contributed by atoms with E-state index >= 15 is 0 Å². The lowest BCUT2D eigenvalue weighted by atomic mass is 9.89. The molecule has 0 saturated carbocycles. The molecule has 0 spiro atoms. The molecule has 0 bridgehead atoms. The van der Waals surface area contributed by atoms with Crippen LogP contribution in [0.3, 0.4) is 0 Å². The molecule has 2 heterocycles. The van der Waals surface area contributed by atoms with Crippen LogP contribution in [-0.4, -0.2) is 34.6 Å². The minimum absolute atomic E-state index is 0.0942. The molecule has 1 N–H and O–H groups in total. The number of aliphatic hydroxyl groups is 1. The molecule has 5 heteroatoms. The smallest absolute Gasteiger partial charge is 0.246 e. The highest BCUT2D eigenvalue weighted by atomic mass is 79.9. The zero-order chi connectivity index (χ0) is 13.2. The SMILES string of the molecule is CCCC1(O)CN(C(=O)C=Cc2ccc(Br)o2)C1. The first-order valence-corrected chi connectivity index (χ1v) is 6.76. The Labute approximate surface area is 114 Å². The van der Waals surface area contributed by atoms with E-state index in [4.69, 9.17) is 4.42 Å². The average Bonchev–Trinajstić information content (AvgIpc) is 2.69. The molecule has 0 unspecified atom stereocenters. The molecule has 0 aliphatic carbocycles. The predicted molar refractivity (Wildman–Crippen MR) is 71.9 cm³/mol. The maximum atomic E-state index is 11.8. The lowest BCUT2D eigenvalue weighted by Gasteiger charge is -2.46. The van der Waals surface area contributed by atoms with Gasteiger partial charge in [0.1, 0.15) is 5.76 Å². The van der Waals surface area contributed by atoms with Crippen LogP contribution < -0.4 is 0 Å². The Hall–Kier alpha value is -1.07. The molecular formula is C13H16BrNO3. The highest BCUT2D eigenvalue weighted by Crippen LogP contribution is 2.26. The lowest BCUT2D eigenvalue weighted by molar-refractivity contribution is -0.151. The van der Waals surface area contributed by atoms with Gasteiger partial charge in [-0.2, -0.15) is 0 Å². The van der Waals surface area contributed by atoms with Gasteiger partial charge < -0.3 is 14.4 Å². The highest BCUT2D eigenvalue weighted by molar-refractivity contribution is 9.10. The number of likely N-dealkylation sites (tertiary alicyclic amines) is 1. The van der Waals surface area contributed by atoms with E-state index in [2.05, 4.69) is 15.9 Å². The third-order valence-corrected chi connectivity index (χ3v) is 3.41. The summed E-state index contributed by atoms with van der Waals surface area (Å²) in [5.74, 6) is 0.530. The second-order valence-corrected chi connectivity index (χ2v) is 5.43. The van der Waals surface area contributed by atoms with Gasteiger partial charge in [-0.15, -0.1) is 0 Å². The Kier molecular flexibility index (Phi) is 3.92. The number of furan rings is 1. The van der Waals surface area contributed by atoms with Crippen LogP contribution >= 0.6 is 15.9 Å². The third kappa shape index (κ3) is 3.03. The van der Waals surface area contributed by atoms with Crippen molar-refractivity contribution in [2.75, 3.05) is 13.1 Å². The summed E-state index contributed by atoms with van der Waals surface area (Å²) in [6.45, 7) is 2.87. The Balaban J connectivity index is 1.85. The van der Waals surface area contributed by atoms with Crippen LogP contribution in [0.5, 0.6) is 0 Å². The fourth-order valence-electron chi connectivity index (χ4n) is 2.12. The topological polar surface area (TPSA) is 53.7 Å². The van der Waals surface area contributed by atoms with E-state index in [1.807, 2.05) is 6.92 Å². The molecule has 1 amide bonds. The van der Waals surface area contributed by atoms with E-state index in [1.165, 1.54) is 6.08 Å². The number of halogens is 1. The first-order valence-electron chi connectivity index (χ1n) is 5.97. The summed E-state index contributed by atoms with van der Waals surface area (Å²) in [6.07, 6.45) is 4.77. The van der Waals surface area contributed by atoms with Crippen LogP contribution in [0, 0.1) is 0 Å². The van der Waals surface area contributed by atoms with Gasteiger partial charge in [-0.1, -0.05) is 13.3 Å². The number of hydrogen-bond acceptors (Lipinski definition) is 3. The zero-order valence-electron chi connectivity index (χ0n) is 10.2. The van der Waals surface area contributed by atoms with Gasteiger partial charge >= 0.3 is 0 Å². The second-order valence-electron chi connectivity index (χ2n) is 4.64. The maximum absolute atomic E-state index is 11.8. The Morgan fingerprint density at radius 3 is 2.89 bits per heavy atom. The quantitative estimate of drug-likeness (QED) is 0.869. The molecule has 4 nitrogen and oxygen atoms in total. The van der Waals surface area contributed by atoms with Crippen molar-refractivity contribution in [3.05, 3.63) is 28.6 Å². The molecule has 1 aromatic rings. The van der Waals surface area contributed by atoms with Crippen molar-refractivity contribution < 1.29 is 14.3 Å². The first kappa shape index (κ1) is 13.4. The lowest BCUT2D eigenvalue weighted by Crippen LogP contribution is -2.63. The fourth-order valence-corrected chi connectivity index (χ4v) is 2.44. The van der Waals surface area contributed by atoms with Crippen LogP contribution in [0.25, 0.3) is 6.08 Å². The number of amides is 1. The minimum Gasteiger partial charge on any atom is -0.450 e. The predicted octanol–water partition coefficient (Wildman–Crippen LogP) is 2.43. The third-order valence-electron chi connectivity index (χ3n) is 2.98. The van der Waals surface area contributed by atoms with Gasteiger partial charge in [0.25, 0.3) is 0 Å². The van der Waals surface area contributed by atoms with Crippen LogP contribution in [0.15, 0.2) is 27.3 Å². The summed E-state index contributed by atoms with van der Waals surface area (Å²) < 4.78 is 5.89. The summed E-state index contributed by atoms with van der Waals surface area (Å²) in [5.41, 5.74) is -0.675. The highest BCUT2D eigenvalue weighted by Gasteiger charge is 2.41. The molecule has 0 radical (unpaired) electrons. The molecule has 1 aliphatic rings. The van der Waals surface area contributed by atoms with E-state index in [-0.39, 0.29) is 5.91 Å². The minimum atomic E-state index is -0.675. The molecule has 0 aromatic carbocycles. The van der Waals surface area contributed by atoms with Gasteiger partial charge in [-0.05, 0) is 40.6 Å². The average molecular weight is 314 g/mol. The number of rotatable bonds is 4. The summed E-state index contributed by atoms with van der Waals surface area (Å²) in [5, 5.41) is 9.98. The molecule has 18 heavy (non-hydrogen) atoms. The molecule has 1 fully saturated rings. The van der Waals surface area contributed by atoms with E-state index in [1.54, 1.807) is 23.1 Å². The summed E-state index contributed by atoms with van der Waals surface area (Å²) in [4.78, 5) is 13.4. The summed E-state index contributed by atoms with van der Waals surface area (Å²) >= 11 is 3.20. The van der Waals surface area contributed by atoms with Gasteiger partial charge in [0.2, 0.25) is 5.91 Å². The Morgan fingerprint density at radius 2 is 2.33 bits per heavy atom. The van der Waals surface area contributed by atoms with Crippen molar-refractivity contribution in [1.82, 2.24) is 4.90 Å². The molecule has 1 aliphatic heterocycles. The summed E-state index contributed by atoms with van der Waals surface area (Å²) in [6, 6.07) is 3.55. The van der Waals surface area contributed by atoms with E-state index in [9.17, 15) is 9.90 Å².